The highest BCUT2D eigenvalue weighted by Crippen LogP contribution is 2.23. The molecule has 6 heteroatoms. The molecule has 1 aliphatic heterocycles. The lowest BCUT2D eigenvalue weighted by molar-refractivity contribution is -0.0808. The van der Waals surface area contributed by atoms with Gasteiger partial charge in [0.15, 0.2) is 11.6 Å². The zero-order valence-corrected chi connectivity index (χ0v) is 9.89. The Kier molecular flexibility index (Phi) is 3.97. The number of benzene rings is 1. The van der Waals surface area contributed by atoms with Crippen molar-refractivity contribution in [3.05, 3.63) is 35.8 Å². The summed E-state index contributed by atoms with van der Waals surface area (Å²) in [6.45, 7) is 0.936. The average molecular weight is 259 g/mol. The highest BCUT2D eigenvalue weighted by atomic mass is 19.1. The van der Waals surface area contributed by atoms with E-state index in [1.54, 1.807) is 18.2 Å². The summed E-state index contributed by atoms with van der Waals surface area (Å²) in [5.74, 6) is -0.357. The van der Waals surface area contributed by atoms with Crippen LogP contribution in [0.1, 0.15) is 0 Å². The fourth-order valence-corrected chi connectivity index (χ4v) is 1.39. The Morgan fingerprint density at radius 2 is 2.16 bits per heavy atom. The van der Waals surface area contributed by atoms with Crippen LogP contribution in [0.3, 0.4) is 0 Å². The van der Waals surface area contributed by atoms with E-state index in [1.807, 2.05) is 0 Å². The van der Waals surface area contributed by atoms with E-state index in [9.17, 15) is 4.39 Å². The molecule has 1 fully saturated rings. The summed E-state index contributed by atoms with van der Waals surface area (Å²) in [5, 5.41) is 19.8. The minimum atomic E-state index is -0.513. The Bertz CT molecular complexity index is 567. The normalized spacial score (nSPS) is 13.6. The van der Waals surface area contributed by atoms with Crippen molar-refractivity contribution < 1.29 is 13.9 Å². The molecule has 0 amide bonds. The third-order valence-corrected chi connectivity index (χ3v) is 2.46. The maximum atomic E-state index is 13.7. The summed E-state index contributed by atoms with van der Waals surface area (Å²) in [6, 6.07) is 7.71. The zero-order chi connectivity index (χ0) is 13.7. The largest absolute Gasteiger partial charge is 0.483 e. The van der Waals surface area contributed by atoms with Crippen molar-refractivity contribution in [3.8, 4) is 17.9 Å². The Hall–Kier alpha value is -2.57. The molecule has 19 heavy (non-hydrogen) atoms. The van der Waals surface area contributed by atoms with Crippen LogP contribution in [-0.2, 0) is 4.74 Å². The lowest BCUT2D eigenvalue weighted by Gasteiger charge is -2.26. The van der Waals surface area contributed by atoms with Gasteiger partial charge in [0.05, 0.1) is 13.2 Å². The first-order valence-corrected chi connectivity index (χ1v) is 5.54. The lowest BCUT2D eigenvalue weighted by atomic mass is 10.2. The Morgan fingerprint density at radius 3 is 2.68 bits per heavy atom. The fourth-order valence-electron chi connectivity index (χ4n) is 1.39. The number of allylic oxidation sites excluding steroid dienone is 1. The third-order valence-electron chi connectivity index (χ3n) is 2.46. The van der Waals surface area contributed by atoms with Crippen molar-refractivity contribution in [1.29, 1.82) is 10.5 Å². The van der Waals surface area contributed by atoms with Crippen molar-refractivity contribution in [3.63, 3.8) is 0 Å². The quantitative estimate of drug-likeness (QED) is 0.836. The second-order valence-electron chi connectivity index (χ2n) is 3.85. The van der Waals surface area contributed by atoms with Gasteiger partial charge in [0.1, 0.15) is 23.8 Å². The summed E-state index contributed by atoms with van der Waals surface area (Å²) >= 11 is 0. The fraction of sp³-hybridized carbons (Fsp3) is 0.231. The molecule has 2 rings (SSSR count). The number of halogens is 1. The minimum absolute atomic E-state index is 0.0904. The molecule has 0 aliphatic carbocycles. The highest BCUT2D eigenvalue weighted by Gasteiger charge is 2.21. The van der Waals surface area contributed by atoms with E-state index < -0.39 is 5.82 Å². The number of hydrogen-bond acceptors (Lipinski definition) is 5. The van der Waals surface area contributed by atoms with Gasteiger partial charge in [-0.2, -0.15) is 10.5 Å². The van der Waals surface area contributed by atoms with Gasteiger partial charge in [0.25, 0.3) is 0 Å². The second-order valence-corrected chi connectivity index (χ2v) is 3.85. The van der Waals surface area contributed by atoms with Gasteiger partial charge in [-0.25, -0.2) is 4.39 Å². The average Bonchev–Trinajstić information content (AvgIpc) is 2.37. The van der Waals surface area contributed by atoms with Crippen molar-refractivity contribution >= 4 is 5.69 Å². The number of anilines is 1. The number of ether oxygens (including phenoxy) is 2. The molecule has 1 N–H and O–H groups in total. The number of nitrogens with zero attached hydrogens (tertiary/aromatic N) is 2. The first kappa shape index (κ1) is 12.9. The van der Waals surface area contributed by atoms with Crippen molar-refractivity contribution in [1.82, 2.24) is 0 Å². The molecule has 0 atom stereocenters. The predicted octanol–water partition coefficient (Wildman–Crippen LogP) is 1.95. The van der Waals surface area contributed by atoms with Gasteiger partial charge in [-0.15, -0.1) is 0 Å². The van der Waals surface area contributed by atoms with Gasteiger partial charge in [-0.05, 0) is 12.1 Å². The summed E-state index contributed by atoms with van der Waals surface area (Å²) < 4.78 is 24.0. The highest BCUT2D eigenvalue weighted by molar-refractivity contribution is 5.51. The second kappa shape index (κ2) is 5.85. The van der Waals surface area contributed by atoms with Gasteiger partial charge in [-0.3, -0.25) is 0 Å². The Balaban J connectivity index is 2.04. The van der Waals surface area contributed by atoms with E-state index in [0.29, 0.717) is 18.9 Å². The van der Waals surface area contributed by atoms with Crippen LogP contribution in [0, 0.1) is 28.5 Å². The van der Waals surface area contributed by atoms with Crippen LogP contribution in [-0.4, -0.2) is 19.3 Å². The summed E-state index contributed by atoms with van der Waals surface area (Å²) in [5.41, 5.74) is 0.338. The number of rotatable bonds is 4. The molecule has 0 aromatic heterocycles. The van der Waals surface area contributed by atoms with E-state index in [2.05, 4.69) is 5.32 Å². The first-order chi connectivity index (χ1) is 9.22. The standard InChI is InChI=1S/C13H10FN3O2/c14-12-3-10(17-6-9(4-15)5-16)1-2-13(12)19-11-7-18-8-11/h1-3,6,11,17H,7-8H2. The van der Waals surface area contributed by atoms with E-state index in [4.69, 9.17) is 20.0 Å². The monoisotopic (exact) mass is 259 g/mol. The zero-order valence-electron chi connectivity index (χ0n) is 9.89. The Morgan fingerprint density at radius 1 is 1.42 bits per heavy atom. The summed E-state index contributed by atoms with van der Waals surface area (Å²) in [4.78, 5) is 0. The summed E-state index contributed by atoms with van der Waals surface area (Å²) in [6.07, 6.45) is 1.12. The van der Waals surface area contributed by atoms with Crippen LogP contribution in [0.25, 0.3) is 0 Å². The molecule has 5 nitrogen and oxygen atoms in total. The van der Waals surface area contributed by atoms with Gasteiger partial charge in [0.2, 0.25) is 0 Å². The number of nitrogens with one attached hydrogen (secondary N) is 1. The van der Waals surface area contributed by atoms with Crippen LogP contribution in [0.5, 0.6) is 5.75 Å². The molecule has 0 spiro atoms. The van der Waals surface area contributed by atoms with Crippen LogP contribution >= 0.6 is 0 Å². The maximum absolute atomic E-state index is 13.7. The molecular formula is C13H10FN3O2. The van der Waals surface area contributed by atoms with Crippen LogP contribution in [0.2, 0.25) is 0 Å². The van der Waals surface area contributed by atoms with E-state index in [0.717, 1.165) is 0 Å². The Labute approximate surface area is 109 Å². The molecule has 1 heterocycles. The molecule has 1 aliphatic rings. The lowest BCUT2D eigenvalue weighted by Crippen LogP contribution is -2.38. The van der Waals surface area contributed by atoms with Gasteiger partial charge in [-0.1, -0.05) is 0 Å². The number of nitriles is 2. The van der Waals surface area contributed by atoms with E-state index in [-0.39, 0.29) is 17.4 Å². The van der Waals surface area contributed by atoms with Crippen LogP contribution in [0.15, 0.2) is 30.0 Å². The molecular weight excluding hydrogens is 249 g/mol. The molecule has 96 valence electrons. The number of hydrogen-bond donors (Lipinski definition) is 1. The molecule has 0 radical (unpaired) electrons. The van der Waals surface area contributed by atoms with Crippen molar-refractivity contribution in [2.24, 2.45) is 0 Å². The van der Waals surface area contributed by atoms with Crippen LogP contribution in [0.4, 0.5) is 10.1 Å². The van der Waals surface area contributed by atoms with Gasteiger partial charge in [0, 0.05) is 18.0 Å². The minimum Gasteiger partial charge on any atom is -0.483 e. The molecule has 1 aromatic rings. The molecule has 0 bridgehead atoms. The van der Waals surface area contributed by atoms with Crippen molar-refractivity contribution in [2.45, 2.75) is 6.10 Å². The topological polar surface area (TPSA) is 78.1 Å². The smallest absolute Gasteiger partial charge is 0.167 e. The SMILES string of the molecule is N#CC(C#N)=CNc1ccc(OC2COC2)c(F)c1. The maximum Gasteiger partial charge on any atom is 0.167 e. The van der Waals surface area contributed by atoms with Gasteiger partial charge >= 0.3 is 0 Å². The third kappa shape index (κ3) is 3.21. The molecule has 1 saturated heterocycles. The molecule has 1 aromatic carbocycles. The first-order valence-electron chi connectivity index (χ1n) is 5.54. The predicted molar refractivity (Wildman–Crippen MR) is 64.6 cm³/mol. The summed E-state index contributed by atoms with van der Waals surface area (Å²) in [7, 11) is 0. The molecule has 0 saturated carbocycles. The van der Waals surface area contributed by atoms with E-state index in [1.165, 1.54) is 18.3 Å². The van der Waals surface area contributed by atoms with Gasteiger partial charge < -0.3 is 14.8 Å². The van der Waals surface area contributed by atoms with E-state index >= 15 is 0 Å². The van der Waals surface area contributed by atoms with Crippen LogP contribution < -0.4 is 10.1 Å². The van der Waals surface area contributed by atoms with Crippen molar-refractivity contribution in [2.75, 3.05) is 18.5 Å². The molecule has 0 unspecified atom stereocenters.